The summed E-state index contributed by atoms with van der Waals surface area (Å²) in [6.45, 7) is 2.20. The normalized spacial score (nSPS) is 10.5. The Labute approximate surface area is 168 Å². The Morgan fingerprint density at radius 2 is 1.96 bits per heavy atom. The molecule has 0 radical (unpaired) electrons. The first-order chi connectivity index (χ1) is 12.6. The summed E-state index contributed by atoms with van der Waals surface area (Å²) in [7, 11) is 0. The molecule has 8 heteroatoms. The van der Waals surface area contributed by atoms with Gasteiger partial charge in [0.1, 0.15) is 5.75 Å². The number of thioether (sulfide) groups is 1. The zero-order valence-corrected chi connectivity index (χ0v) is 16.9. The van der Waals surface area contributed by atoms with Crippen LogP contribution in [0.1, 0.15) is 11.5 Å². The number of halogens is 1. The SMILES string of the molecule is Cc1ccc(OCc2nnc(SCC(=O)Nc3ccccc3I)o2)cc1. The average Bonchev–Trinajstić information content (AvgIpc) is 3.09. The number of aromatic nitrogens is 2. The highest BCUT2D eigenvalue weighted by Gasteiger charge is 2.11. The van der Waals surface area contributed by atoms with Crippen LogP contribution in [0.25, 0.3) is 0 Å². The first-order valence-electron chi connectivity index (χ1n) is 7.79. The van der Waals surface area contributed by atoms with Gasteiger partial charge in [0, 0.05) is 3.57 Å². The molecule has 6 nitrogen and oxygen atoms in total. The van der Waals surface area contributed by atoms with E-state index in [1.165, 1.54) is 11.8 Å². The Kier molecular flexibility index (Phi) is 6.51. The monoisotopic (exact) mass is 481 g/mol. The first kappa shape index (κ1) is 18.7. The molecule has 2 aromatic carbocycles. The molecule has 0 aliphatic heterocycles. The zero-order valence-electron chi connectivity index (χ0n) is 13.9. The maximum atomic E-state index is 12.0. The summed E-state index contributed by atoms with van der Waals surface area (Å²) in [5.74, 6) is 1.16. The average molecular weight is 481 g/mol. The number of ether oxygens (including phenoxy) is 1. The smallest absolute Gasteiger partial charge is 0.277 e. The third-order valence-electron chi connectivity index (χ3n) is 3.31. The van der Waals surface area contributed by atoms with Crippen LogP contribution in [0.4, 0.5) is 5.69 Å². The van der Waals surface area contributed by atoms with Crippen molar-refractivity contribution in [3.8, 4) is 5.75 Å². The van der Waals surface area contributed by atoms with E-state index in [0.717, 1.165) is 20.6 Å². The first-order valence-corrected chi connectivity index (χ1v) is 9.85. The van der Waals surface area contributed by atoms with Crippen molar-refractivity contribution >= 4 is 45.9 Å². The highest BCUT2D eigenvalue weighted by molar-refractivity contribution is 14.1. The molecule has 0 saturated heterocycles. The molecule has 3 aromatic rings. The summed E-state index contributed by atoms with van der Waals surface area (Å²) in [6.07, 6.45) is 0. The number of aryl methyl sites for hydroxylation is 1. The van der Waals surface area contributed by atoms with Crippen molar-refractivity contribution in [2.75, 3.05) is 11.1 Å². The van der Waals surface area contributed by atoms with Crippen molar-refractivity contribution in [1.29, 1.82) is 0 Å². The van der Waals surface area contributed by atoms with E-state index in [9.17, 15) is 4.79 Å². The third-order valence-corrected chi connectivity index (χ3v) is 5.07. The van der Waals surface area contributed by atoms with Gasteiger partial charge in [0.15, 0.2) is 6.61 Å². The van der Waals surface area contributed by atoms with Crippen LogP contribution < -0.4 is 10.1 Å². The highest BCUT2D eigenvalue weighted by atomic mass is 127. The van der Waals surface area contributed by atoms with Crippen LogP contribution >= 0.6 is 34.4 Å². The van der Waals surface area contributed by atoms with Crippen molar-refractivity contribution in [2.45, 2.75) is 18.8 Å². The standard InChI is InChI=1S/C18H16IN3O3S/c1-12-6-8-13(9-7-12)24-10-17-21-22-18(25-17)26-11-16(23)20-15-5-3-2-4-14(15)19/h2-9H,10-11H2,1H3,(H,20,23). The lowest BCUT2D eigenvalue weighted by Gasteiger charge is -2.05. The molecule has 0 fully saturated rings. The molecule has 134 valence electrons. The maximum Gasteiger partial charge on any atom is 0.277 e. The Morgan fingerprint density at radius 3 is 2.73 bits per heavy atom. The van der Waals surface area contributed by atoms with Gasteiger partial charge in [0.05, 0.1) is 11.4 Å². The predicted molar refractivity (Wildman–Crippen MR) is 108 cm³/mol. The van der Waals surface area contributed by atoms with Gasteiger partial charge in [-0.05, 0) is 53.8 Å². The number of hydrogen-bond acceptors (Lipinski definition) is 6. The van der Waals surface area contributed by atoms with Crippen LogP contribution in [0, 0.1) is 10.5 Å². The molecule has 0 bridgehead atoms. The van der Waals surface area contributed by atoms with E-state index >= 15 is 0 Å². The quantitative estimate of drug-likeness (QED) is 0.401. The van der Waals surface area contributed by atoms with Crippen molar-refractivity contribution in [3.63, 3.8) is 0 Å². The number of para-hydroxylation sites is 1. The van der Waals surface area contributed by atoms with Crippen LogP contribution in [0.15, 0.2) is 58.2 Å². The number of hydrogen-bond donors (Lipinski definition) is 1. The molecule has 1 heterocycles. The lowest BCUT2D eigenvalue weighted by Crippen LogP contribution is -2.14. The van der Waals surface area contributed by atoms with Crippen LogP contribution in [0.2, 0.25) is 0 Å². The number of nitrogens with one attached hydrogen (secondary N) is 1. The molecule has 0 aliphatic rings. The van der Waals surface area contributed by atoms with Gasteiger partial charge >= 0.3 is 0 Å². The van der Waals surface area contributed by atoms with Crippen molar-refractivity contribution < 1.29 is 13.9 Å². The topological polar surface area (TPSA) is 77.2 Å². The summed E-state index contributed by atoms with van der Waals surface area (Å²) in [5, 5.41) is 11.0. The second-order valence-electron chi connectivity index (χ2n) is 5.38. The second-order valence-corrected chi connectivity index (χ2v) is 7.47. The van der Waals surface area contributed by atoms with Crippen LogP contribution in [-0.4, -0.2) is 21.9 Å². The molecule has 0 spiro atoms. The van der Waals surface area contributed by atoms with E-state index in [1.807, 2.05) is 55.5 Å². The van der Waals surface area contributed by atoms with Gasteiger partial charge in [-0.25, -0.2) is 0 Å². The third kappa shape index (κ3) is 5.46. The molecular weight excluding hydrogens is 465 g/mol. The lowest BCUT2D eigenvalue weighted by molar-refractivity contribution is -0.113. The number of amides is 1. The molecule has 0 atom stereocenters. The molecule has 0 unspecified atom stereocenters. The second kappa shape index (κ2) is 9.04. The molecule has 1 aromatic heterocycles. The van der Waals surface area contributed by atoms with Crippen molar-refractivity contribution in [1.82, 2.24) is 10.2 Å². The number of carbonyl (C=O) groups is 1. The Morgan fingerprint density at radius 1 is 1.19 bits per heavy atom. The zero-order chi connectivity index (χ0) is 18.4. The van der Waals surface area contributed by atoms with Crippen molar-refractivity contribution in [2.24, 2.45) is 0 Å². The number of carbonyl (C=O) groups excluding carboxylic acids is 1. The fourth-order valence-corrected chi connectivity index (χ4v) is 3.11. The summed E-state index contributed by atoms with van der Waals surface area (Å²) in [5.41, 5.74) is 1.95. The fourth-order valence-electron chi connectivity index (χ4n) is 2.01. The van der Waals surface area contributed by atoms with Gasteiger partial charge in [-0.1, -0.05) is 41.6 Å². The molecule has 0 aliphatic carbocycles. The number of anilines is 1. The van der Waals surface area contributed by atoms with E-state index in [2.05, 4.69) is 38.1 Å². The van der Waals surface area contributed by atoms with Gasteiger partial charge in [0.2, 0.25) is 5.91 Å². The summed E-state index contributed by atoms with van der Waals surface area (Å²) in [6, 6.07) is 15.3. The highest BCUT2D eigenvalue weighted by Crippen LogP contribution is 2.20. The lowest BCUT2D eigenvalue weighted by atomic mass is 10.2. The minimum absolute atomic E-state index is 0.130. The van der Waals surface area contributed by atoms with E-state index in [0.29, 0.717) is 11.1 Å². The molecule has 1 N–H and O–H groups in total. The minimum Gasteiger partial charge on any atom is -0.484 e. The molecule has 1 amide bonds. The Bertz CT molecular complexity index is 883. The number of benzene rings is 2. The number of nitrogens with zero attached hydrogens (tertiary/aromatic N) is 2. The summed E-state index contributed by atoms with van der Waals surface area (Å²) < 4.78 is 12.1. The van der Waals surface area contributed by atoms with Crippen molar-refractivity contribution in [3.05, 3.63) is 63.6 Å². The summed E-state index contributed by atoms with van der Waals surface area (Å²) >= 11 is 3.36. The van der Waals surface area contributed by atoms with Gasteiger partial charge in [-0.3, -0.25) is 4.79 Å². The largest absolute Gasteiger partial charge is 0.484 e. The van der Waals surface area contributed by atoms with Gasteiger partial charge < -0.3 is 14.5 Å². The minimum atomic E-state index is -0.130. The Hall–Kier alpha value is -2.07. The number of rotatable bonds is 7. The fraction of sp³-hybridized carbons (Fsp3) is 0.167. The van der Waals surface area contributed by atoms with Crippen LogP contribution in [0.3, 0.4) is 0 Å². The van der Waals surface area contributed by atoms with Crippen LogP contribution in [-0.2, 0) is 11.4 Å². The molecule has 26 heavy (non-hydrogen) atoms. The van der Waals surface area contributed by atoms with Gasteiger partial charge in [0.25, 0.3) is 11.1 Å². The van der Waals surface area contributed by atoms with Crippen LogP contribution in [0.5, 0.6) is 5.75 Å². The molecule has 0 saturated carbocycles. The van der Waals surface area contributed by atoms with Gasteiger partial charge in [-0.15, -0.1) is 10.2 Å². The van der Waals surface area contributed by atoms with E-state index in [1.54, 1.807) is 0 Å². The summed E-state index contributed by atoms with van der Waals surface area (Å²) in [4.78, 5) is 12.0. The van der Waals surface area contributed by atoms with E-state index in [-0.39, 0.29) is 18.3 Å². The Balaban J connectivity index is 1.46. The van der Waals surface area contributed by atoms with Gasteiger partial charge in [-0.2, -0.15) is 0 Å². The predicted octanol–water partition coefficient (Wildman–Crippen LogP) is 4.29. The van der Waals surface area contributed by atoms with E-state index < -0.39 is 0 Å². The maximum absolute atomic E-state index is 12.0. The molecular formula is C18H16IN3O3S. The van der Waals surface area contributed by atoms with E-state index in [4.69, 9.17) is 9.15 Å². The molecule has 3 rings (SSSR count).